The minimum absolute atomic E-state index is 0.125. The van der Waals surface area contributed by atoms with Crippen molar-refractivity contribution in [1.29, 1.82) is 0 Å². The molecule has 1 aliphatic heterocycles. The lowest BCUT2D eigenvalue weighted by molar-refractivity contribution is -0.127. The van der Waals surface area contributed by atoms with E-state index >= 15 is 0 Å². The molecule has 1 saturated carbocycles. The topological polar surface area (TPSA) is 85.9 Å². The summed E-state index contributed by atoms with van der Waals surface area (Å²) < 4.78 is 0. The summed E-state index contributed by atoms with van der Waals surface area (Å²) in [7, 11) is 0. The van der Waals surface area contributed by atoms with Gasteiger partial charge in [-0.2, -0.15) is 5.10 Å². The Morgan fingerprint density at radius 3 is 2.84 bits per heavy atom. The zero-order valence-electron chi connectivity index (χ0n) is 14.4. The standard InChI is InChI=1S/C17H24N6OS/c1-12-10-14(22-21-12)11-23-7-4-17(5-8-23,15(24)19-13-2-3-13)20-16-18-6-9-25-16/h6,9-10,13H,2-5,7-8,11H2,1H3,(H,18,20)(H,19,24)(H,21,22). The van der Waals surface area contributed by atoms with Crippen molar-refractivity contribution in [2.45, 2.75) is 50.7 Å². The number of likely N-dealkylation sites (tertiary alicyclic amines) is 1. The maximum absolute atomic E-state index is 12.9. The Morgan fingerprint density at radius 1 is 1.44 bits per heavy atom. The van der Waals surface area contributed by atoms with Crippen LogP contribution < -0.4 is 10.6 Å². The number of H-pyrrole nitrogens is 1. The number of carbonyl (C=O) groups excluding carboxylic acids is 1. The highest BCUT2D eigenvalue weighted by atomic mass is 32.1. The predicted octanol–water partition coefficient (Wildman–Crippen LogP) is 1.90. The molecule has 2 fully saturated rings. The number of aryl methyl sites for hydroxylation is 1. The van der Waals surface area contributed by atoms with E-state index in [9.17, 15) is 4.79 Å². The van der Waals surface area contributed by atoms with E-state index in [2.05, 4.69) is 36.8 Å². The molecule has 0 spiro atoms. The van der Waals surface area contributed by atoms with Gasteiger partial charge in [0.2, 0.25) is 5.91 Å². The number of rotatable bonds is 6. The second kappa shape index (κ2) is 6.76. The molecule has 2 aromatic rings. The van der Waals surface area contributed by atoms with Crippen molar-refractivity contribution < 1.29 is 4.79 Å². The second-order valence-corrected chi connectivity index (χ2v) is 8.01. The molecule has 25 heavy (non-hydrogen) atoms. The minimum Gasteiger partial charge on any atom is -0.351 e. The molecule has 2 aromatic heterocycles. The zero-order valence-corrected chi connectivity index (χ0v) is 15.2. The second-order valence-electron chi connectivity index (χ2n) is 7.11. The van der Waals surface area contributed by atoms with E-state index in [1.165, 1.54) is 0 Å². The van der Waals surface area contributed by atoms with E-state index < -0.39 is 5.54 Å². The van der Waals surface area contributed by atoms with Crippen LogP contribution in [0.5, 0.6) is 0 Å². The third-order valence-electron chi connectivity index (χ3n) is 4.98. The summed E-state index contributed by atoms with van der Waals surface area (Å²) in [5, 5.41) is 16.7. The third-order valence-corrected chi connectivity index (χ3v) is 5.67. The third kappa shape index (κ3) is 3.85. The lowest BCUT2D eigenvalue weighted by Gasteiger charge is -2.41. The van der Waals surface area contributed by atoms with Crippen molar-refractivity contribution in [2.75, 3.05) is 18.4 Å². The number of nitrogens with zero attached hydrogens (tertiary/aromatic N) is 3. The van der Waals surface area contributed by atoms with Gasteiger partial charge in [-0.25, -0.2) is 4.98 Å². The lowest BCUT2D eigenvalue weighted by atomic mass is 9.86. The number of aromatic nitrogens is 3. The fourth-order valence-corrected chi connectivity index (χ4v) is 3.95. The monoisotopic (exact) mass is 360 g/mol. The van der Waals surface area contributed by atoms with Crippen LogP contribution in [0.3, 0.4) is 0 Å². The molecule has 1 aliphatic carbocycles. The van der Waals surface area contributed by atoms with Crippen LogP contribution in [-0.2, 0) is 11.3 Å². The summed E-state index contributed by atoms with van der Waals surface area (Å²) in [6, 6.07) is 2.45. The van der Waals surface area contributed by atoms with Gasteiger partial charge in [0.05, 0.1) is 5.69 Å². The maximum Gasteiger partial charge on any atom is 0.246 e. The Kier molecular flexibility index (Phi) is 4.47. The van der Waals surface area contributed by atoms with Crippen molar-refractivity contribution in [3.05, 3.63) is 29.0 Å². The number of piperidine rings is 1. The molecular weight excluding hydrogens is 336 g/mol. The molecule has 0 unspecified atom stereocenters. The summed E-state index contributed by atoms with van der Waals surface area (Å²) in [6.45, 7) is 4.56. The average Bonchev–Trinajstić information content (AvgIpc) is 3.09. The first-order chi connectivity index (χ1) is 12.1. The van der Waals surface area contributed by atoms with Crippen LogP contribution in [0.15, 0.2) is 17.6 Å². The molecule has 1 amide bonds. The van der Waals surface area contributed by atoms with Gasteiger partial charge >= 0.3 is 0 Å². The molecule has 2 aliphatic rings. The van der Waals surface area contributed by atoms with Crippen LogP contribution in [0.4, 0.5) is 5.13 Å². The maximum atomic E-state index is 12.9. The van der Waals surface area contributed by atoms with Gasteiger partial charge in [-0.15, -0.1) is 11.3 Å². The number of nitrogens with one attached hydrogen (secondary N) is 3. The molecule has 7 nitrogen and oxygen atoms in total. The Morgan fingerprint density at radius 2 is 2.24 bits per heavy atom. The van der Waals surface area contributed by atoms with Crippen LogP contribution in [0.25, 0.3) is 0 Å². The number of anilines is 1. The van der Waals surface area contributed by atoms with E-state index in [0.29, 0.717) is 6.04 Å². The number of thiazole rings is 1. The molecule has 8 heteroatoms. The van der Waals surface area contributed by atoms with Gasteiger partial charge in [-0.3, -0.25) is 14.8 Å². The predicted molar refractivity (Wildman–Crippen MR) is 97.5 cm³/mol. The number of carbonyl (C=O) groups is 1. The minimum atomic E-state index is -0.557. The van der Waals surface area contributed by atoms with Gasteiger partial charge in [-0.1, -0.05) is 0 Å². The van der Waals surface area contributed by atoms with Crippen molar-refractivity contribution in [1.82, 2.24) is 25.4 Å². The molecule has 4 rings (SSSR count). The fourth-order valence-electron chi connectivity index (χ4n) is 3.33. The van der Waals surface area contributed by atoms with Gasteiger partial charge in [0, 0.05) is 42.9 Å². The van der Waals surface area contributed by atoms with E-state index in [-0.39, 0.29) is 5.91 Å². The first-order valence-corrected chi connectivity index (χ1v) is 9.73. The zero-order chi connectivity index (χ0) is 17.3. The van der Waals surface area contributed by atoms with Crippen LogP contribution in [-0.4, -0.2) is 50.7 Å². The van der Waals surface area contributed by atoms with Gasteiger partial charge in [-0.05, 0) is 38.7 Å². The van der Waals surface area contributed by atoms with E-state index in [1.807, 2.05) is 12.3 Å². The Balaban J connectivity index is 1.43. The van der Waals surface area contributed by atoms with Crippen LogP contribution in [0.1, 0.15) is 37.1 Å². The quantitative estimate of drug-likeness (QED) is 0.732. The highest BCUT2D eigenvalue weighted by Gasteiger charge is 2.43. The molecule has 0 radical (unpaired) electrons. The molecule has 0 bridgehead atoms. The largest absolute Gasteiger partial charge is 0.351 e. The van der Waals surface area contributed by atoms with Crippen LogP contribution >= 0.6 is 11.3 Å². The molecular formula is C17H24N6OS. The van der Waals surface area contributed by atoms with E-state index in [0.717, 1.165) is 61.8 Å². The van der Waals surface area contributed by atoms with Crippen LogP contribution in [0.2, 0.25) is 0 Å². The summed E-state index contributed by atoms with van der Waals surface area (Å²) in [5.74, 6) is 0.125. The summed E-state index contributed by atoms with van der Waals surface area (Å²) in [5.41, 5.74) is 1.58. The first-order valence-electron chi connectivity index (χ1n) is 8.85. The molecule has 0 aromatic carbocycles. The Hall–Kier alpha value is -1.93. The lowest BCUT2D eigenvalue weighted by Crippen LogP contribution is -2.58. The van der Waals surface area contributed by atoms with Gasteiger partial charge in [0.1, 0.15) is 5.54 Å². The van der Waals surface area contributed by atoms with E-state index in [1.54, 1.807) is 17.5 Å². The molecule has 134 valence electrons. The normalized spacial score (nSPS) is 20.4. The Bertz CT molecular complexity index is 715. The van der Waals surface area contributed by atoms with Crippen molar-refractivity contribution in [3.63, 3.8) is 0 Å². The van der Waals surface area contributed by atoms with Crippen molar-refractivity contribution in [2.24, 2.45) is 0 Å². The average molecular weight is 360 g/mol. The number of hydrogen-bond acceptors (Lipinski definition) is 6. The van der Waals surface area contributed by atoms with Crippen molar-refractivity contribution in [3.8, 4) is 0 Å². The molecule has 1 saturated heterocycles. The number of hydrogen-bond donors (Lipinski definition) is 3. The fraction of sp³-hybridized carbons (Fsp3) is 0.588. The van der Waals surface area contributed by atoms with Gasteiger partial charge in [0.15, 0.2) is 5.13 Å². The van der Waals surface area contributed by atoms with E-state index in [4.69, 9.17) is 0 Å². The van der Waals surface area contributed by atoms with Crippen LogP contribution in [0, 0.1) is 6.92 Å². The SMILES string of the molecule is Cc1cc(CN2CCC(Nc3nccs3)(C(=O)NC3CC3)CC2)n[nH]1. The summed E-state index contributed by atoms with van der Waals surface area (Å²) >= 11 is 1.54. The van der Waals surface area contributed by atoms with Gasteiger partial charge < -0.3 is 10.6 Å². The van der Waals surface area contributed by atoms with Gasteiger partial charge in [0.25, 0.3) is 0 Å². The molecule has 3 heterocycles. The smallest absolute Gasteiger partial charge is 0.246 e. The number of aromatic amines is 1. The summed E-state index contributed by atoms with van der Waals surface area (Å²) in [4.78, 5) is 19.6. The Labute approximate surface area is 151 Å². The highest BCUT2D eigenvalue weighted by molar-refractivity contribution is 7.13. The highest BCUT2D eigenvalue weighted by Crippen LogP contribution is 2.30. The molecule has 3 N–H and O–H groups in total. The first kappa shape index (κ1) is 16.5. The number of amides is 1. The van der Waals surface area contributed by atoms with Crippen molar-refractivity contribution >= 4 is 22.4 Å². The molecule has 0 atom stereocenters. The summed E-state index contributed by atoms with van der Waals surface area (Å²) in [6.07, 6.45) is 5.52.